The van der Waals surface area contributed by atoms with Gasteiger partial charge in [0.1, 0.15) is 5.65 Å². The Hall–Kier alpha value is -4.08. The molecular formula is C22H24N6O4. The molecule has 10 nitrogen and oxygen atoms in total. The van der Waals surface area contributed by atoms with Crippen LogP contribution in [-0.4, -0.2) is 44.4 Å². The van der Waals surface area contributed by atoms with Crippen LogP contribution in [0.3, 0.4) is 0 Å². The minimum Gasteiger partial charge on any atom is -0.464 e. The first-order chi connectivity index (χ1) is 15.5. The number of hydrogen-bond acceptors (Lipinski definition) is 7. The van der Waals surface area contributed by atoms with Crippen LogP contribution in [-0.2, 0) is 18.3 Å². The van der Waals surface area contributed by atoms with Gasteiger partial charge in [0.15, 0.2) is 11.5 Å². The van der Waals surface area contributed by atoms with Crippen molar-refractivity contribution in [2.24, 2.45) is 7.05 Å². The zero-order valence-electron chi connectivity index (χ0n) is 18.0. The summed E-state index contributed by atoms with van der Waals surface area (Å²) in [5.74, 6) is -0.923. The van der Waals surface area contributed by atoms with Crippen molar-refractivity contribution < 1.29 is 18.7 Å². The van der Waals surface area contributed by atoms with Gasteiger partial charge in [0.05, 0.1) is 30.9 Å². The number of fused-ring (bicyclic) bond motifs is 1. The molecule has 166 valence electrons. The van der Waals surface area contributed by atoms with E-state index in [0.717, 1.165) is 18.7 Å². The van der Waals surface area contributed by atoms with E-state index in [-0.39, 0.29) is 17.5 Å². The summed E-state index contributed by atoms with van der Waals surface area (Å²) in [5.41, 5.74) is 1.81. The van der Waals surface area contributed by atoms with Crippen LogP contribution in [0.2, 0.25) is 0 Å². The number of anilines is 2. The molecule has 0 radical (unpaired) electrons. The van der Waals surface area contributed by atoms with Gasteiger partial charge in [-0.05, 0) is 37.6 Å². The number of hydrogen-bond donors (Lipinski definition) is 2. The number of nitrogens with zero attached hydrogens (tertiary/aromatic N) is 4. The lowest BCUT2D eigenvalue weighted by atomic mass is 10.2. The number of methoxy groups -OCH3 is 1. The summed E-state index contributed by atoms with van der Waals surface area (Å²) in [7, 11) is 2.99. The van der Waals surface area contributed by atoms with Crippen LogP contribution in [0, 0.1) is 0 Å². The van der Waals surface area contributed by atoms with Crippen molar-refractivity contribution in [1.29, 1.82) is 0 Å². The molecule has 1 atom stereocenters. The highest BCUT2D eigenvalue weighted by molar-refractivity contribution is 6.14. The van der Waals surface area contributed by atoms with Gasteiger partial charge in [0.2, 0.25) is 0 Å². The second kappa shape index (κ2) is 8.96. The predicted molar refractivity (Wildman–Crippen MR) is 119 cm³/mol. The molecule has 4 heterocycles. The van der Waals surface area contributed by atoms with Crippen LogP contribution in [0.1, 0.15) is 34.4 Å². The van der Waals surface area contributed by atoms with E-state index < -0.39 is 11.9 Å². The molecule has 1 amide bonds. The van der Waals surface area contributed by atoms with Gasteiger partial charge in [-0.1, -0.05) is 0 Å². The number of amides is 1. The van der Waals surface area contributed by atoms with Crippen LogP contribution < -0.4 is 10.6 Å². The fraction of sp³-hybridized carbons (Fsp3) is 0.273. The zero-order valence-corrected chi connectivity index (χ0v) is 18.0. The Morgan fingerprint density at radius 1 is 1.31 bits per heavy atom. The van der Waals surface area contributed by atoms with Crippen molar-refractivity contribution >= 4 is 34.3 Å². The number of esters is 1. The first-order valence-electron chi connectivity index (χ1n) is 10.1. The topological polar surface area (TPSA) is 116 Å². The van der Waals surface area contributed by atoms with Gasteiger partial charge in [-0.3, -0.25) is 9.48 Å². The fourth-order valence-corrected chi connectivity index (χ4v) is 3.55. The minimum absolute atomic E-state index is 0.132. The molecule has 0 bridgehead atoms. The third-order valence-electron chi connectivity index (χ3n) is 5.15. The van der Waals surface area contributed by atoms with E-state index in [9.17, 15) is 9.59 Å². The van der Waals surface area contributed by atoms with Gasteiger partial charge >= 0.3 is 5.97 Å². The van der Waals surface area contributed by atoms with Gasteiger partial charge in [-0.25, -0.2) is 9.78 Å². The second-order valence-electron chi connectivity index (χ2n) is 7.40. The Kier molecular flexibility index (Phi) is 5.93. The quantitative estimate of drug-likeness (QED) is 0.407. The van der Waals surface area contributed by atoms with Crippen molar-refractivity contribution in [3.63, 3.8) is 0 Å². The Balaban J connectivity index is 1.64. The monoisotopic (exact) mass is 436 g/mol. The number of rotatable bonds is 8. The van der Waals surface area contributed by atoms with Crippen molar-refractivity contribution in [1.82, 2.24) is 19.3 Å². The normalized spacial score (nSPS) is 12.0. The standard InChI is InChI=1S/C22H24N6O4/c1-14(7-10-28-9-5-8-24-28)25-15-12-16-18(26-21(29)17-6-4-11-32-17)19(22(30)31-3)27(2)20(16)23-13-15/h4-6,8-9,11-14,25H,7,10H2,1-3H3,(H,26,29)/t14-/m1/s1. The second-order valence-corrected chi connectivity index (χ2v) is 7.40. The van der Waals surface area contributed by atoms with E-state index in [0.29, 0.717) is 16.7 Å². The highest BCUT2D eigenvalue weighted by Gasteiger charge is 2.25. The molecule has 0 aromatic carbocycles. The van der Waals surface area contributed by atoms with E-state index >= 15 is 0 Å². The van der Waals surface area contributed by atoms with E-state index in [1.807, 2.05) is 23.0 Å². The number of nitrogens with one attached hydrogen (secondary N) is 2. The highest BCUT2D eigenvalue weighted by atomic mass is 16.5. The molecule has 0 spiro atoms. The Morgan fingerprint density at radius 3 is 2.84 bits per heavy atom. The molecule has 10 heteroatoms. The maximum atomic E-state index is 12.6. The highest BCUT2D eigenvalue weighted by Crippen LogP contribution is 2.32. The lowest BCUT2D eigenvalue weighted by Crippen LogP contribution is -2.18. The SMILES string of the molecule is COC(=O)c1c(NC(=O)c2ccco2)c2cc(N[C@H](C)CCn3cccn3)cnc2n1C. The van der Waals surface area contributed by atoms with Gasteiger partial charge < -0.3 is 24.4 Å². The molecule has 2 N–H and O–H groups in total. The van der Waals surface area contributed by atoms with Crippen LogP contribution in [0.15, 0.2) is 53.5 Å². The Labute approximate surface area is 184 Å². The Morgan fingerprint density at radius 2 is 2.16 bits per heavy atom. The number of carbonyl (C=O) groups excluding carboxylic acids is 2. The number of aryl methyl sites for hydroxylation is 2. The van der Waals surface area contributed by atoms with Crippen molar-refractivity contribution in [2.45, 2.75) is 25.9 Å². The summed E-state index contributed by atoms with van der Waals surface area (Å²) in [4.78, 5) is 29.6. The average Bonchev–Trinajstić information content (AvgIpc) is 3.54. The molecule has 0 aliphatic carbocycles. The first-order valence-corrected chi connectivity index (χ1v) is 10.1. The molecule has 0 fully saturated rings. The Bertz CT molecular complexity index is 1230. The number of aromatic nitrogens is 4. The summed E-state index contributed by atoms with van der Waals surface area (Å²) >= 11 is 0. The van der Waals surface area contributed by atoms with Crippen LogP contribution >= 0.6 is 0 Å². The molecule has 0 saturated heterocycles. The maximum absolute atomic E-state index is 12.6. The third kappa shape index (κ3) is 4.20. The molecule has 4 aromatic rings. The van der Waals surface area contributed by atoms with E-state index in [4.69, 9.17) is 9.15 Å². The maximum Gasteiger partial charge on any atom is 0.356 e. The molecule has 4 rings (SSSR count). The van der Waals surface area contributed by atoms with Crippen LogP contribution in [0.4, 0.5) is 11.4 Å². The lowest BCUT2D eigenvalue weighted by molar-refractivity contribution is 0.0591. The number of pyridine rings is 1. The average molecular weight is 436 g/mol. The van der Waals surface area contributed by atoms with Gasteiger partial charge in [0.25, 0.3) is 5.91 Å². The third-order valence-corrected chi connectivity index (χ3v) is 5.15. The van der Waals surface area contributed by atoms with Crippen molar-refractivity contribution in [3.8, 4) is 0 Å². The molecule has 0 saturated carbocycles. The summed E-state index contributed by atoms with van der Waals surface area (Å²) in [6.45, 7) is 2.84. The summed E-state index contributed by atoms with van der Waals surface area (Å²) in [6, 6.07) is 7.06. The first kappa shape index (κ1) is 21.2. The number of ether oxygens (including phenoxy) is 1. The molecule has 4 aromatic heterocycles. The van der Waals surface area contributed by atoms with Crippen LogP contribution in [0.5, 0.6) is 0 Å². The van der Waals surface area contributed by atoms with Crippen molar-refractivity contribution in [3.05, 3.63) is 60.6 Å². The van der Waals surface area contributed by atoms with Gasteiger partial charge in [-0.2, -0.15) is 5.10 Å². The van der Waals surface area contributed by atoms with Gasteiger partial charge in [-0.15, -0.1) is 0 Å². The van der Waals surface area contributed by atoms with Crippen molar-refractivity contribution in [2.75, 3.05) is 17.7 Å². The van der Waals surface area contributed by atoms with Gasteiger partial charge in [0, 0.05) is 37.4 Å². The largest absolute Gasteiger partial charge is 0.464 e. The number of furan rings is 1. The predicted octanol–water partition coefficient (Wildman–Crippen LogP) is 3.29. The zero-order chi connectivity index (χ0) is 22.7. The van der Waals surface area contributed by atoms with Crippen LogP contribution in [0.25, 0.3) is 11.0 Å². The smallest absolute Gasteiger partial charge is 0.356 e. The summed E-state index contributed by atoms with van der Waals surface area (Å²) < 4.78 is 13.6. The summed E-state index contributed by atoms with van der Waals surface area (Å²) in [5, 5.41) is 11.0. The summed E-state index contributed by atoms with van der Waals surface area (Å²) in [6.07, 6.45) is 7.64. The minimum atomic E-state index is -0.581. The molecule has 0 aliphatic heterocycles. The number of carbonyl (C=O) groups is 2. The molecule has 32 heavy (non-hydrogen) atoms. The lowest BCUT2D eigenvalue weighted by Gasteiger charge is -2.15. The van der Waals surface area contributed by atoms with E-state index in [2.05, 4.69) is 27.6 Å². The molecule has 0 unspecified atom stereocenters. The molecule has 0 aliphatic rings. The fourth-order valence-electron chi connectivity index (χ4n) is 3.55. The van der Waals surface area contributed by atoms with E-state index in [1.54, 1.807) is 36.1 Å². The molecular weight excluding hydrogens is 412 g/mol. The van der Waals surface area contributed by atoms with E-state index in [1.165, 1.54) is 13.4 Å².